The van der Waals surface area contributed by atoms with Gasteiger partial charge in [-0.15, -0.1) is 45.3 Å². The third-order valence-corrected chi connectivity index (χ3v) is 12.0. The highest BCUT2D eigenvalue weighted by molar-refractivity contribution is 7.20. The molecule has 8 rings (SSSR count). The highest BCUT2D eigenvalue weighted by Gasteiger charge is 2.20. The topological polar surface area (TPSA) is 182 Å². The van der Waals surface area contributed by atoms with Crippen molar-refractivity contribution in [3.63, 3.8) is 0 Å². The Hall–Kier alpha value is -5.25. The van der Waals surface area contributed by atoms with Gasteiger partial charge < -0.3 is 13.9 Å². The third-order valence-electron chi connectivity index (χ3n) is 6.46. The number of thiophene rings is 4. The lowest BCUT2D eigenvalue weighted by atomic mass is 10.4. The summed E-state index contributed by atoms with van der Waals surface area (Å²) >= 11 is 8.50. The van der Waals surface area contributed by atoms with Gasteiger partial charge in [0.15, 0.2) is 10.3 Å². The van der Waals surface area contributed by atoms with Crippen LogP contribution in [0.3, 0.4) is 0 Å². The minimum Gasteiger partial charge on any atom is -0.351 e. The van der Waals surface area contributed by atoms with E-state index >= 15 is 0 Å². The quantitative estimate of drug-likeness (QED) is 0.133. The molecule has 0 aromatic carbocycles. The Kier molecular flexibility index (Phi) is 12.4. The van der Waals surface area contributed by atoms with Gasteiger partial charge in [0.1, 0.15) is 9.75 Å². The molecular formula is C33H27N9O5S6. The summed E-state index contributed by atoms with van der Waals surface area (Å²) in [4.78, 5) is 57.4. The van der Waals surface area contributed by atoms with E-state index in [4.69, 9.17) is 9.05 Å². The van der Waals surface area contributed by atoms with Crippen molar-refractivity contribution in [1.29, 1.82) is 0 Å². The van der Waals surface area contributed by atoms with E-state index in [2.05, 4.69) is 40.9 Å². The number of hydrogen-bond acceptors (Lipinski definition) is 17. The van der Waals surface area contributed by atoms with E-state index in [1.54, 1.807) is 48.9 Å². The molecule has 0 bridgehead atoms. The number of aryl methyl sites for hydroxylation is 2. The lowest BCUT2D eigenvalue weighted by Crippen LogP contribution is -2.09. The van der Waals surface area contributed by atoms with Gasteiger partial charge in [-0.2, -0.15) is 9.97 Å². The van der Waals surface area contributed by atoms with E-state index in [1.807, 2.05) is 71.8 Å². The van der Waals surface area contributed by atoms with Crippen LogP contribution in [-0.4, -0.2) is 67.5 Å². The van der Waals surface area contributed by atoms with Crippen LogP contribution in [0.1, 0.15) is 30.7 Å². The molecular weight excluding hydrogens is 795 g/mol. The number of carbonyl (C=O) groups excluding carboxylic acids is 3. The highest BCUT2D eigenvalue weighted by atomic mass is 32.1. The zero-order valence-corrected chi connectivity index (χ0v) is 33.0. The molecule has 0 aliphatic rings. The van der Waals surface area contributed by atoms with Crippen molar-refractivity contribution in [1.82, 2.24) is 35.1 Å². The summed E-state index contributed by atoms with van der Waals surface area (Å²) in [6.07, 6.45) is 0.750. The molecule has 0 aliphatic heterocycles. The standard InChI is InChI=1S/2C15H10N4O2S3.C3H7NO/c2*1-8-11(14-17-12(19-21-14)9-4-2-6-22-9)24-15(16-8)18-13(20)10-5-3-7-23-10;1-4(2)3-5/h2*2-7H,1H3,(H,16,18,20);3H,1-2H3. The maximum absolute atomic E-state index is 12.1. The van der Waals surface area contributed by atoms with Crippen LogP contribution in [0.25, 0.3) is 42.9 Å². The smallest absolute Gasteiger partial charge is 0.270 e. The molecule has 0 radical (unpaired) electrons. The Morgan fingerprint density at radius 3 is 1.38 bits per heavy atom. The fraction of sp³-hybridized carbons (Fsp3) is 0.121. The second-order valence-electron chi connectivity index (χ2n) is 10.6. The summed E-state index contributed by atoms with van der Waals surface area (Å²) in [7, 11) is 3.38. The van der Waals surface area contributed by atoms with Crippen LogP contribution in [-0.2, 0) is 4.79 Å². The van der Waals surface area contributed by atoms with Gasteiger partial charge in [0, 0.05) is 14.1 Å². The average Bonchev–Trinajstić information content (AvgIpc) is 4.00. The summed E-state index contributed by atoms with van der Waals surface area (Å²) < 4.78 is 10.7. The number of thiazole rings is 2. The van der Waals surface area contributed by atoms with Crippen molar-refractivity contribution in [2.24, 2.45) is 0 Å². The number of carbonyl (C=O) groups is 3. The molecule has 53 heavy (non-hydrogen) atoms. The van der Waals surface area contributed by atoms with E-state index in [0.717, 1.165) is 37.3 Å². The second kappa shape index (κ2) is 17.5. The van der Waals surface area contributed by atoms with Gasteiger partial charge in [0.05, 0.1) is 30.9 Å². The van der Waals surface area contributed by atoms with Crippen molar-refractivity contribution >= 4 is 96.5 Å². The molecule has 0 spiro atoms. The van der Waals surface area contributed by atoms with Crippen LogP contribution in [0, 0.1) is 13.8 Å². The molecule has 8 heterocycles. The van der Waals surface area contributed by atoms with Gasteiger partial charge in [0.2, 0.25) is 18.1 Å². The monoisotopic (exact) mass is 821 g/mol. The first-order chi connectivity index (χ1) is 25.7. The molecule has 0 saturated carbocycles. The van der Waals surface area contributed by atoms with Gasteiger partial charge in [-0.3, -0.25) is 25.0 Å². The van der Waals surface area contributed by atoms with Gasteiger partial charge in [-0.05, 0) is 59.6 Å². The molecule has 0 fully saturated rings. The fourth-order valence-corrected chi connectivity index (χ4v) is 8.38. The van der Waals surface area contributed by atoms with E-state index < -0.39 is 0 Å². The van der Waals surface area contributed by atoms with Crippen LogP contribution in [0.4, 0.5) is 10.3 Å². The normalized spacial score (nSPS) is 10.5. The first kappa shape index (κ1) is 37.5. The zero-order valence-electron chi connectivity index (χ0n) is 28.1. The Morgan fingerprint density at radius 2 is 1.04 bits per heavy atom. The first-order valence-electron chi connectivity index (χ1n) is 15.2. The van der Waals surface area contributed by atoms with Crippen LogP contribution >= 0.6 is 68.0 Å². The number of anilines is 2. The van der Waals surface area contributed by atoms with Crippen LogP contribution in [0.5, 0.6) is 0 Å². The summed E-state index contributed by atoms with van der Waals surface area (Å²) in [6.45, 7) is 3.70. The molecule has 0 atom stereocenters. The predicted molar refractivity (Wildman–Crippen MR) is 211 cm³/mol. The molecule has 8 aromatic rings. The summed E-state index contributed by atoms with van der Waals surface area (Å²) in [5.74, 6) is 1.58. The van der Waals surface area contributed by atoms with Gasteiger partial charge >= 0.3 is 0 Å². The van der Waals surface area contributed by atoms with E-state index in [1.165, 1.54) is 50.2 Å². The minimum atomic E-state index is -0.171. The molecule has 14 nitrogen and oxygen atoms in total. The summed E-state index contributed by atoms with van der Waals surface area (Å²) in [6, 6.07) is 15.0. The molecule has 20 heteroatoms. The maximum Gasteiger partial charge on any atom is 0.270 e. The molecule has 0 unspecified atom stereocenters. The van der Waals surface area contributed by atoms with Crippen LogP contribution < -0.4 is 10.6 Å². The molecule has 0 saturated heterocycles. The minimum absolute atomic E-state index is 0.171. The van der Waals surface area contributed by atoms with Crippen molar-refractivity contribution in [2.75, 3.05) is 24.7 Å². The van der Waals surface area contributed by atoms with Gasteiger partial charge in [-0.25, -0.2) is 9.97 Å². The van der Waals surface area contributed by atoms with Crippen molar-refractivity contribution < 1.29 is 23.4 Å². The SMILES string of the molecule is CN(C)C=O.Cc1nc(NC(=O)c2cccs2)sc1-c1nc(-c2cccs2)no1.Cc1nc(NC(=O)c2cccs2)sc1-c1nc(-c2cccs2)no1. The number of nitrogens with one attached hydrogen (secondary N) is 2. The fourth-order valence-electron chi connectivity index (χ4n) is 4.07. The molecule has 3 amide bonds. The van der Waals surface area contributed by atoms with E-state index in [-0.39, 0.29) is 11.8 Å². The van der Waals surface area contributed by atoms with E-state index in [9.17, 15) is 14.4 Å². The Balaban J connectivity index is 0.000000161. The molecule has 0 aliphatic carbocycles. The second-order valence-corrected chi connectivity index (χ2v) is 16.4. The van der Waals surface area contributed by atoms with Gasteiger partial charge in [0.25, 0.3) is 23.6 Å². The Morgan fingerprint density at radius 1 is 0.642 bits per heavy atom. The first-order valence-corrected chi connectivity index (χ1v) is 20.4. The number of nitrogens with zero attached hydrogens (tertiary/aromatic N) is 7. The van der Waals surface area contributed by atoms with Crippen LogP contribution in [0.15, 0.2) is 79.1 Å². The predicted octanol–water partition coefficient (Wildman–Crippen LogP) is 8.79. The number of hydrogen-bond donors (Lipinski definition) is 2. The van der Waals surface area contributed by atoms with Crippen molar-refractivity contribution in [3.8, 4) is 42.9 Å². The summed E-state index contributed by atoms with van der Waals surface area (Å²) in [5.41, 5.74) is 1.48. The molecule has 270 valence electrons. The number of rotatable bonds is 9. The van der Waals surface area contributed by atoms with E-state index in [0.29, 0.717) is 43.4 Å². The Labute approximate surface area is 325 Å². The largest absolute Gasteiger partial charge is 0.351 e. The average molecular weight is 822 g/mol. The number of aromatic nitrogens is 6. The lowest BCUT2D eigenvalue weighted by Gasteiger charge is -1.96. The Bertz CT molecular complexity index is 2210. The van der Waals surface area contributed by atoms with Crippen LogP contribution in [0.2, 0.25) is 0 Å². The lowest BCUT2D eigenvalue weighted by molar-refractivity contribution is -0.115. The third kappa shape index (κ3) is 9.60. The maximum atomic E-state index is 12.1. The summed E-state index contributed by atoms with van der Waals surface area (Å²) in [5, 5.41) is 22.3. The number of amides is 3. The van der Waals surface area contributed by atoms with Gasteiger partial charge in [-0.1, -0.05) is 57.3 Å². The highest BCUT2D eigenvalue weighted by Crippen LogP contribution is 2.35. The van der Waals surface area contributed by atoms with Crippen molar-refractivity contribution in [3.05, 3.63) is 91.2 Å². The van der Waals surface area contributed by atoms with Crippen molar-refractivity contribution in [2.45, 2.75) is 13.8 Å². The zero-order chi connectivity index (χ0) is 37.3. The molecule has 8 aromatic heterocycles. The molecule has 2 N–H and O–H groups in total.